The van der Waals surface area contributed by atoms with E-state index in [0.717, 1.165) is 55.2 Å². The van der Waals surface area contributed by atoms with Gasteiger partial charge in [-0.15, -0.1) is 0 Å². The van der Waals surface area contributed by atoms with E-state index in [2.05, 4.69) is 17.2 Å². The highest BCUT2D eigenvalue weighted by atomic mass is 32.1. The van der Waals surface area contributed by atoms with Crippen LogP contribution in [-0.4, -0.2) is 29.7 Å². The average molecular weight is 295 g/mol. The molecule has 0 saturated heterocycles. The second-order valence-electron chi connectivity index (χ2n) is 4.91. The molecule has 0 radical (unpaired) electrons. The van der Waals surface area contributed by atoms with Crippen molar-refractivity contribution in [3.05, 3.63) is 22.9 Å². The Morgan fingerprint density at radius 3 is 2.70 bits per heavy atom. The van der Waals surface area contributed by atoms with Crippen molar-refractivity contribution in [2.24, 2.45) is 5.73 Å². The lowest BCUT2D eigenvalue weighted by molar-refractivity contribution is 0.131. The van der Waals surface area contributed by atoms with Crippen molar-refractivity contribution in [2.45, 2.75) is 40.0 Å². The molecule has 3 N–H and O–H groups in total. The Labute approximate surface area is 127 Å². The van der Waals surface area contributed by atoms with E-state index in [1.165, 1.54) is 6.42 Å². The van der Waals surface area contributed by atoms with Crippen LogP contribution < -0.4 is 11.1 Å². The Morgan fingerprint density at radius 2 is 2.05 bits per heavy atom. The quantitative estimate of drug-likeness (QED) is 0.542. The third-order valence-electron chi connectivity index (χ3n) is 2.99. The van der Waals surface area contributed by atoms with Gasteiger partial charge < -0.3 is 15.8 Å². The van der Waals surface area contributed by atoms with Crippen molar-refractivity contribution < 1.29 is 4.74 Å². The molecular weight excluding hydrogens is 270 g/mol. The summed E-state index contributed by atoms with van der Waals surface area (Å²) in [5, 5.41) is 3.31. The van der Waals surface area contributed by atoms with E-state index in [0.29, 0.717) is 4.99 Å². The Bertz CT molecular complexity index is 449. The average Bonchev–Trinajstić information content (AvgIpc) is 2.36. The van der Waals surface area contributed by atoms with E-state index in [-0.39, 0.29) is 0 Å². The summed E-state index contributed by atoms with van der Waals surface area (Å²) in [6, 6.07) is 1.99. The topological polar surface area (TPSA) is 60.2 Å². The minimum Gasteiger partial charge on any atom is -0.389 e. The Hall–Kier alpha value is -1.20. The van der Waals surface area contributed by atoms with Crippen molar-refractivity contribution in [3.63, 3.8) is 0 Å². The summed E-state index contributed by atoms with van der Waals surface area (Å²) < 4.78 is 5.53. The predicted molar refractivity (Wildman–Crippen MR) is 88.4 cm³/mol. The monoisotopic (exact) mass is 295 g/mol. The molecule has 1 aromatic heterocycles. The number of pyridine rings is 1. The first-order valence-electron chi connectivity index (χ1n) is 7.16. The number of hydrogen-bond donors (Lipinski definition) is 2. The van der Waals surface area contributed by atoms with Crippen LogP contribution in [0.5, 0.6) is 0 Å². The Kier molecular flexibility index (Phi) is 7.47. The maximum Gasteiger partial charge on any atom is 0.136 e. The van der Waals surface area contributed by atoms with Gasteiger partial charge in [0, 0.05) is 25.5 Å². The maximum absolute atomic E-state index is 5.78. The molecule has 0 amide bonds. The van der Waals surface area contributed by atoms with Crippen LogP contribution in [0.1, 0.15) is 43.0 Å². The number of hydrogen-bond acceptors (Lipinski definition) is 4. The van der Waals surface area contributed by atoms with E-state index in [9.17, 15) is 0 Å². The molecule has 0 aliphatic heterocycles. The van der Waals surface area contributed by atoms with Crippen LogP contribution in [0, 0.1) is 13.8 Å². The molecule has 0 bridgehead atoms. The van der Waals surface area contributed by atoms with Crippen LogP contribution in [0.4, 0.5) is 5.82 Å². The number of aryl methyl sites for hydroxylation is 2. The molecule has 1 heterocycles. The molecule has 5 heteroatoms. The molecule has 20 heavy (non-hydrogen) atoms. The highest BCUT2D eigenvalue weighted by molar-refractivity contribution is 7.80. The van der Waals surface area contributed by atoms with Crippen LogP contribution in [-0.2, 0) is 4.74 Å². The number of nitrogens with two attached hydrogens (primary N) is 1. The number of nitrogens with zero attached hydrogens (tertiary/aromatic N) is 1. The maximum atomic E-state index is 5.78. The fraction of sp³-hybridized carbons (Fsp3) is 0.600. The van der Waals surface area contributed by atoms with Crippen LogP contribution in [0.3, 0.4) is 0 Å². The molecular formula is C15H25N3OS. The normalized spacial score (nSPS) is 10.6. The summed E-state index contributed by atoms with van der Waals surface area (Å²) in [6.07, 6.45) is 3.23. The van der Waals surface area contributed by atoms with Crippen molar-refractivity contribution in [3.8, 4) is 0 Å². The van der Waals surface area contributed by atoms with Gasteiger partial charge in [0.1, 0.15) is 10.8 Å². The van der Waals surface area contributed by atoms with Crippen LogP contribution in [0.15, 0.2) is 6.07 Å². The minimum absolute atomic E-state index is 0.386. The lowest BCUT2D eigenvalue weighted by Gasteiger charge is -2.13. The lowest BCUT2D eigenvalue weighted by Crippen LogP contribution is -2.17. The van der Waals surface area contributed by atoms with Gasteiger partial charge in [-0.1, -0.05) is 25.6 Å². The smallest absolute Gasteiger partial charge is 0.136 e. The molecule has 112 valence electrons. The van der Waals surface area contributed by atoms with Gasteiger partial charge in [0.2, 0.25) is 0 Å². The van der Waals surface area contributed by atoms with Crippen molar-refractivity contribution >= 4 is 23.0 Å². The summed E-state index contributed by atoms with van der Waals surface area (Å²) in [6.45, 7) is 8.54. The van der Waals surface area contributed by atoms with E-state index in [1.807, 2.05) is 19.9 Å². The number of unbranched alkanes of at least 4 members (excludes halogenated alkanes) is 1. The SMILES string of the molecule is CCCCOCCCNc1nc(C)cc(C)c1C(N)=S. The summed E-state index contributed by atoms with van der Waals surface area (Å²) >= 11 is 5.10. The van der Waals surface area contributed by atoms with Gasteiger partial charge in [-0.2, -0.15) is 0 Å². The number of ether oxygens (including phenoxy) is 1. The summed E-state index contributed by atoms with van der Waals surface area (Å²) in [4.78, 5) is 4.87. The van der Waals surface area contributed by atoms with Crippen LogP contribution >= 0.6 is 12.2 Å². The Morgan fingerprint density at radius 1 is 1.35 bits per heavy atom. The van der Waals surface area contributed by atoms with E-state index in [1.54, 1.807) is 0 Å². The highest BCUT2D eigenvalue weighted by Gasteiger charge is 2.10. The number of thiocarbonyl (C=S) groups is 1. The van der Waals surface area contributed by atoms with E-state index >= 15 is 0 Å². The van der Waals surface area contributed by atoms with Gasteiger partial charge in [0.25, 0.3) is 0 Å². The predicted octanol–water partition coefficient (Wildman–Crippen LogP) is 2.95. The number of anilines is 1. The molecule has 0 aliphatic carbocycles. The molecule has 0 fully saturated rings. The molecule has 1 aromatic rings. The van der Waals surface area contributed by atoms with Gasteiger partial charge in [-0.25, -0.2) is 4.98 Å². The first-order chi connectivity index (χ1) is 9.56. The molecule has 0 unspecified atom stereocenters. The molecule has 0 spiro atoms. The van der Waals surface area contributed by atoms with Crippen molar-refractivity contribution in [1.82, 2.24) is 4.98 Å². The molecule has 0 saturated carbocycles. The number of aromatic nitrogens is 1. The molecule has 0 aromatic carbocycles. The van der Waals surface area contributed by atoms with Gasteiger partial charge >= 0.3 is 0 Å². The first kappa shape index (κ1) is 16.9. The van der Waals surface area contributed by atoms with E-state index in [4.69, 9.17) is 22.7 Å². The third-order valence-corrected chi connectivity index (χ3v) is 3.20. The zero-order chi connectivity index (χ0) is 15.0. The molecule has 0 aliphatic rings. The second kappa shape index (κ2) is 8.87. The number of rotatable bonds is 9. The van der Waals surface area contributed by atoms with Gasteiger partial charge in [0.15, 0.2) is 0 Å². The largest absolute Gasteiger partial charge is 0.389 e. The second-order valence-corrected chi connectivity index (χ2v) is 5.35. The minimum atomic E-state index is 0.386. The lowest BCUT2D eigenvalue weighted by atomic mass is 10.1. The molecule has 4 nitrogen and oxygen atoms in total. The summed E-state index contributed by atoms with van der Waals surface area (Å²) in [5.74, 6) is 0.781. The first-order valence-corrected chi connectivity index (χ1v) is 7.56. The third kappa shape index (κ3) is 5.43. The summed E-state index contributed by atoms with van der Waals surface area (Å²) in [5.41, 5.74) is 8.65. The zero-order valence-corrected chi connectivity index (χ0v) is 13.5. The van der Waals surface area contributed by atoms with Crippen LogP contribution in [0.2, 0.25) is 0 Å². The highest BCUT2D eigenvalue weighted by Crippen LogP contribution is 2.18. The standard InChI is InChI=1S/C15H25N3OS/c1-4-5-8-19-9-6-7-17-15-13(14(16)20)11(2)10-12(3)18-15/h10H,4-9H2,1-3H3,(H2,16,20)(H,17,18). The fourth-order valence-electron chi connectivity index (χ4n) is 2.01. The van der Waals surface area contributed by atoms with Crippen LogP contribution in [0.25, 0.3) is 0 Å². The summed E-state index contributed by atoms with van der Waals surface area (Å²) in [7, 11) is 0. The van der Waals surface area contributed by atoms with Gasteiger partial charge in [0.05, 0.1) is 5.56 Å². The number of nitrogens with one attached hydrogen (secondary N) is 1. The zero-order valence-electron chi connectivity index (χ0n) is 12.7. The van der Waals surface area contributed by atoms with Gasteiger partial charge in [-0.05, 0) is 38.3 Å². The molecule has 0 atom stereocenters. The van der Waals surface area contributed by atoms with E-state index < -0.39 is 0 Å². The van der Waals surface area contributed by atoms with Crippen molar-refractivity contribution in [1.29, 1.82) is 0 Å². The van der Waals surface area contributed by atoms with Gasteiger partial charge in [-0.3, -0.25) is 0 Å². The van der Waals surface area contributed by atoms with Crippen molar-refractivity contribution in [2.75, 3.05) is 25.1 Å². The molecule has 1 rings (SSSR count). The Balaban J connectivity index is 2.49. The fourth-order valence-corrected chi connectivity index (χ4v) is 2.26.